The number of methoxy groups -OCH3 is 1. The van der Waals surface area contributed by atoms with Gasteiger partial charge in [-0.1, -0.05) is 0 Å². The summed E-state index contributed by atoms with van der Waals surface area (Å²) in [5, 5.41) is 0. The molecule has 116 valence electrons. The van der Waals surface area contributed by atoms with Crippen molar-refractivity contribution in [3.63, 3.8) is 0 Å². The van der Waals surface area contributed by atoms with Gasteiger partial charge in [0.15, 0.2) is 10.1 Å². The molecule has 9 heteroatoms. The van der Waals surface area contributed by atoms with Crippen LogP contribution in [0.25, 0.3) is 0 Å². The van der Waals surface area contributed by atoms with Gasteiger partial charge in [-0.05, 0) is 19.3 Å². The van der Waals surface area contributed by atoms with Gasteiger partial charge in [0, 0.05) is 7.11 Å². The highest BCUT2D eigenvalue weighted by molar-refractivity contribution is 7.86. The van der Waals surface area contributed by atoms with Crippen LogP contribution in [-0.2, 0) is 14.9 Å². The van der Waals surface area contributed by atoms with Crippen molar-refractivity contribution >= 4 is 10.1 Å². The number of rotatable bonds is 3. The summed E-state index contributed by atoms with van der Waals surface area (Å²) < 4.78 is 65.2. The third kappa shape index (κ3) is 7.71. The lowest BCUT2D eigenvalue weighted by atomic mass is 10.1. The number of hydrogen-bond acceptors (Lipinski definition) is 4. The zero-order chi connectivity index (χ0) is 15.2. The fourth-order valence-corrected chi connectivity index (χ4v) is 1.81. The highest BCUT2D eigenvalue weighted by Crippen LogP contribution is 2.20. The molecule has 1 saturated heterocycles. The highest BCUT2D eigenvalue weighted by Gasteiger charge is 2.36. The predicted octanol–water partition coefficient (Wildman–Crippen LogP) is 1.31. The first-order valence-corrected chi connectivity index (χ1v) is 7.27. The van der Waals surface area contributed by atoms with Gasteiger partial charge < -0.3 is 13.8 Å². The fourth-order valence-electron chi connectivity index (χ4n) is 1.81. The maximum absolute atomic E-state index is 10.7. The Bertz CT molecular complexity index is 350. The molecule has 1 aliphatic heterocycles. The Kier molecular flexibility index (Phi) is 7.27. The molecule has 0 N–H and O–H groups in total. The molecule has 0 radical (unpaired) electrons. The van der Waals surface area contributed by atoms with Crippen LogP contribution in [0, 0.1) is 0 Å². The summed E-state index contributed by atoms with van der Waals surface area (Å²) in [6.45, 7) is 4.81. The Morgan fingerprint density at radius 1 is 1.21 bits per heavy atom. The number of ether oxygens (including phenoxy) is 1. The molecular weight excluding hydrogens is 287 g/mol. The maximum atomic E-state index is 10.7. The Morgan fingerprint density at radius 3 is 1.95 bits per heavy atom. The van der Waals surface area contributed by atoms with E-state index in [9.17, 15) is 13.2 Å². The van der Waals surface area contributed by atoms with Crippen molar-refractivity contribution in [3.8, 4) is 0 Å². The van der Waals surface area contributed by atoms with E-state index in [0.29, 0.717) is 0 Å². The smallest absolute Gasteiger partial charge is 0.485 e. The van der Waals surface area contributed by atoms with Gasteiger partial charge in [-0.3, -0.25) is 0 Å². The zero-order valence-electron chi connectivity index (χ0n) is 11.1. The largest absolute Gasteiger partial charge is 0.741 e. The van der Waals surface area contributed by atoms with E-state index in [1.54, 1.807) is 7.11 Å². The van der Waals surface area contributed by atoms with Gasteiger partial charge in [-0.2, -0.15) is 13.2 Å². The number of alkyl halides is 3. The predicted molar refractivity (Wildman–Crippen MR) is 62.3 cm³/mol. The average Bonchev–Trinajstić information content (AvgIpc) is 2.26. The maximum Gasteiger partial charge on any atom is 0.485 e. The molecule has 19 heavy (non-hydrogen) atoms. The van der Waals surface area contributed by atoms with Crippen LogP contribution in [0.5, 0.6) is 0 Å². The van der Waals surface area contributed by atoms with Crippen molar-refractivity contribution in [3.05, 3.63) is 0 Å². The molecule has 1 heterocycles. The van der Waals surface area contributed by atoms with Gasteiger partial charge in [-0.15, -0.1) is 0 Å². The number of hydrogen-bond donors (Lipinski definition) is 0. The second kappa shape index (κ2) is 7.41. The van der Waals surface area contributed by atoms with Crippen molar-refractivity contribution in [2.24, 2.45) is 0 Å². The lowest BCUT2D eigenvalue weighted by Gasteiger charge is -2.37. The zero-order valence-corrected chi connectivity index (χ0v) is 11.9. The van der Waals surface area contributed by atoms with Crippen LogP contribution in [0.3, 0.4) is 0 Å². The van der Waals surface area contributed by atoms with E-state index >= 15 is 0 Å². The van der Waals surface area contributed by atoms with Crippen LogP contribution >= 0.6 is 0 Å². The minimum absolute atomic E-state index is 0.913. The highest BCUT2D eigenvalue weighted by atomic mass is 32.2. The molecule has 0 unspecified atom stereocenters. The standard InChI is InChI=1S/C9H20NO.CHF3O3S/c1-10(8-9-11-2)6-4-3-5-7-10;2-1(3,4)8(5,6)7/h3-9H2,1-2H3;(H,5,6,7)/q+1;/p-1. The second-order valence-corrected chi connectivity index (χ2v) is 6.11. The summed E-state index contributed by atoms with van der Waals surface area (Å²) in [6, 6.07) is 0. The van der Waals surface area contributed by atoms with E-state index in [1.165, 1.54) is 43.4 Å². The summed E-state index contributed by atoms with van der Waals surface area (Å²) in [5.74, 6) is 0. The van der Waals surface area contributed by atoms with Gasteiger partial charge in [0.05, 0.1) is 26.7 Å². The number of nitrogens with zero attached hydrogens (tertiary/aromatic N) is 1. The monoisotopic (exact) mass is 307 g/mol. The molecule has 0 aromatic carbocycles. The third-order valence-electron chi connectivity index (χ3n) is 3.01. The molecule has 0 aromatic heterocycles. The van der Waals surface area contributed by atoms with Crippen LogP contribution in [0.15, 0.2) is 0 Å². The van der Waals surface area contributed by atoms with E-state index < -0.39 is 15.6 Å². The first-order chi connectivity index (χ1) is 8.52. The molecule has 1 aliphatic rings. The molecule has 0 atom stereocenters. The molecule has 0 amide bonds. The van der Waals surface area contributed by atoms with E-state index in [-0.39, 0.29) is 0 Å². The first kappa shape index (κ1) is 18.6. The quantitative estimate of drug-likeness (QED) is 0.448. The van der Waals surface area contributed by atoms with Gasteiger partial charge in [0.25, 0.3) is 0 Å². The van der Waals surface area contributed by atoms with E-state index in [0.717, 1.165) is 6.61 Å². The topological polar surface area (TPSA) is 66.4 Å². The summed E-state index contributed by atoms with van der Waals surface area (Å²) in [6.07, 6.45) is 4.24. The van der Waals surface area contributed by atoms with Gasteiger partial charge in [0.1, 0.15) is 6.54 Å². The van der Waals surface area contributed by atoms with Gasteiger partial charge in [-0.25, -0.2) is 8.42 Å². The van der Waals surface area contributed by atoms with E-state index in [2.05, 4.69) is 7.05 Å². The molecule has 5 nitrogen and oxygen atoms in total. The lowest BCUT2D eigenvalue weighted by Crippen LogP contribution is -2.49. The number of likely N-dealkylation sites (tertiary alicyclic amines) is 1. The Morgan fingerprint density at radius 2 is 1.63 bits per heavy atom. The molecule has 1 rings (SSSR count). The molecule has 0 spiro atoms. The van der Waals surface area contributed by atoms with Crippen molar-refractivity contribution in [1.29, 1.82) is 0 Å². The Hall–Kier alpha value is -0.380. The molecule has 0 bridgehead atoms. The van der Waals surface area contributed by atoms with Crippen molar-refractivity contribution in [2.45, 2.75) is 24.8 Å². The molecule has 0 aromatic rings. The van der Waals surface area contributed by atoms with E-state index in [1.807, 2.05) is 0 Å². The molecule has 1 fully saturated rings. The SMILES string of the molecule is COCC[N+]1(C)CCCCC1.O=S(=O)([O-])C(F)(F)F. The normalized spacial score (nSPS) is 19.5. The molecular formula is C10H20F3NO4S. The van der Waals surface area contributed by atoms with Crippen LogP contribution in [0.4, 0.5) is 13.2 Å². The van der Waals surface area contributed by atoms with Crippen molar-refractivity contribution < 1.29 is 35.4 Å². The Balaban J connectivity index is 0.000000362. The Labute approximate surface area is 111 Å². The first-order valence-electron chi connectivity index (χ1n) is 5.86. The number of piperidine rings is 1. The summed E-state index contributed by atoms with van der Waals surface area (Å²) in [7, 11) is -1.96. The number of quaternary nitrogens is 1. The third-order valence-corrected chi connectivity index (χ3v) is 3.58. The van der Waals surface area contributed by atoms with Gasteiger partial charge in [0.2, 0.25) is 0 Å². The number of halogens is 3. The molecule has 0 aliphatic carbocycles. The second-order valence-electron chi connectivity index (χ2n) is 4.74. The van der Waals surface area contributed by atoms with Crippen LogP contribution < -0.4 is 0 Å². The fraction of sp³-hybridized carbons (Fsp3) is 1.00. The van der Waals surface area contributed by atoms with Crippen molar-refractivity contribution in [1.82, 2.24) is 0 Å². The average molecular weight is 307 g/mol. The minimum Gasteiger partial charge on any atom is -0.741 e. The van der Waals surface area contributed by atoms with E-state index in [4.69, 9.17) is 17.7 Å². The molecule has 0 saturated carbocycles. The van der Waals surface area contributed by atoms with Crippen LogP contribution in [0.2, 0.25) is 0 Å². The number of likely N-dealkylation sites (N-methyl/N-ethyl adjacent to an activating group) is 1. The van der Waals surface area contributed by atoms with Crippen molar-refractivity contribution in [2.75, 3.05) is 40.4 Å². The summed E-state index contributed by atoms with van der Waals surface area (Å²) in [4.78, 5) is 0. The van der Waals surface area contributed by atoms with Crippen LogP contribution in [-0.4, -0.2) is 63.4 Å². The summed E-state index contributed by atoms with van der Waals surface area (Å²) in [5.41, 5.74) is -5.65. The minimum atomic E-state index is -6.09. The summed E-state index contributed by atoms with van der Waals surface area (Å²) >= 11 is 0. The van der Waals surface area contributed by atoms with Crippen LogP contribution in [0.1, 0.15) is 19.3 Å². The lowest BCUT2D eigenvalue weighted by molar-refractivity contribution is -0.914. The van der Waals surface area contributed by atoms with Gasteiger partial charge >= 0.3 is 5.51 Å².